The molecule has 4 heterocycles. The van der Waals surface area contributed by atoms with Crippen molar-refractivity contribution in [1.82, 2.24) is 19.6 Å². The summed E-state index contributed by atoms with van der Waals surface area (Å²) in [6.45, 7) is 5.66. The van der Waals surface area contributed by atoms with E-state index < -0.39 is 11.7 Å². The van der Waals surface area contributed by atoms with Crippen molar-refractivity contribution in [2.75, 3.05) is 19.6 Å². The number of carbonyl (C=O) groups excluding carboxylic acids is 2. The summed E-state index contributed by atoms with van der Waals surface area (Å²) in [4.78, 5) is 32.8. The number of nitrogens with one attached hydrogen (secondary N) is 1. The molecule has 208 valence electrons. The fourth-order valence-corrected chi connectivity index (χ4v) is 6.33. The Labute approximate surface area is 235 Å². The third-order valence-corrected chi connectivity index (χ3v) is 8.55. The third-order valence-electron chi connectivity index (χ3n) is 7.33. The Balaban J connectivity index is 0.00000353. The Morgan fingerprint density at radius 3 is 2.44 bits per heavy atom. The van der Waals surface area contributed by atoms with Crippen molar-refractivity contribution in [2.24, 2.45) is 5.92 Å². The lowest BCUT2D eigenvalue weighted by atomic mass is 9.92. The quantitative estimate of drug-likeness (QED) is 0.345. The molecular formula is C28H30ClF3N4O2S. The average molecular weight is 579 g/mol. The van der Waals surface area contributed by atoms with Gasteiger partial charge in [-0.05, 0) is 87.4 Å². The number of carbonyl (C=O) groups is 2. The molecule has 2 aliphatic heterocycles. The number of imidazole rings is 1. The predicted molar refractivity (Wildman–Crippen MR) is 148 cm³/mol. The van der Waals surface area contributed by atoms with Crippen molar-refractivity contribution < 1.29 is 22.8 Å². The minimum absolute atomic E-state index is 0. The first-order valence-corrected chi connectivity index (χ1v) is 13.6. The van der Waals surface area contributed by atoms with Crippen LogP contribution in [0.15, 0.2) is 52.4 Å². The number of alkyl halides is 3. The van der Waals surface area contributed by atoms with Crippen LogP contribution in [0.2, 0.25) is 0 Å². The van der Waals surface area contributed by atoms with Gasteiger partial charge in [-0.3, -0.25) is 14.0 Å². The summed E-state index contributed by atoms with van der Waals surface area (Å²) >= 11 is 1.47. The standard InChI is InChI=1S/C28H29F3N4O2S.ClH/c1-17-24-18(2)33-22-6-3-7-23(35(22)24)38-25(17)26(36)32-14-4-5-19-12-15-34(16-13-19)27(37)20-8-10-21(11-9-20)28(29,30)31;/h3,6-11,19H,4-5,12-16H2,1-2H3,(H,32,36);1H. The van der Waals surface area contributed by atoms with Crippen LogP contribution in [-0.4, -0.2) is 45.7 Å². The Kier molecular flexibility index (Phi) is 8.66. The molecule has 11 heteroatoms. The van der Waals surface area contributed by atoms with Gasteiger partial charge in [0, 0.05) is 25.2 Å². The van der Waals surface area contributed by atoms with Gasteiger partial charge in [0.15, 0.2) is 0 Å². The van der Waals surface area contributed by atoms with Gasteiger partial charge in [0.2, 0.25) is 0 Å². The maximum absolute atomic E-state index is 13.0. The summed E-state index contributed by atoms with van der Waals surface area (Å²) in [5.41, 5.74) is 3.22. The van der Waals surface area contributed by atoms with E-state index in [-0.39, 0.29) is 29.8 Å². The zero-order chi connectivity index (χ0) is 27.0. The molecule has 1 fully saturated rings. The van der Waals surface area contributed by atoms with Gasteiger partial charge in [0.05, 0.1) is 26.9 Å². The molecule has 0 spiro atoms. The Morgan fingerprint density at radius 1 is 1.08 bits per heavy atom. The maximum Gasteiger partial charge on any atom is 0.416 e. The normalized spacial score (nSPS) is 15.9. The minimum atomic E-state index is -4.41. The highest BCUT2D eigenvalue weighted by Gasteiger charge is 2.31. The van der Waals surface area contributed by atoms with E-state index in [2.05, 4.69) is 14.7 Å². The number of rotatable bonds is 6. The lowest BCUT2D eigenvalue weighted by Gasteiger charge is -2.32. The third kappa shape index (κ3) is 5.96. The molecule has 1 N–H and O–H groups in total. The van der Waals surface area contributed by atoms with Crippen molar-refractivity contribution in [2.45, 2.75) is 50.7 Å². The van der Waals surface area contributed by atoms with Gasteiger partial charge in [0.25, 0.3) is 11.8 Å². The molecule has 2 aliphatic rings. The van der Waals surface area contributed by atoms with Gasteiger partial charge >= 0.3 is 6.18 Å². The summed E-state index contributed by atoms with van der Waals surface area (Å²) < 4.78 is 40.4. The zero-order valence-electron chi connectivity index (χ0n) is 21.7. The van der Waals surface area contributed by atoms with E-state index in [1.807, 2.05) is 32.0 Å². The molecule has 0 bridgehead atoms. The van der Waals surface area contributed by atoms with Gasteiger partial charge in [-0.2, -0.15) is 13.2 Å². The second-order valence-electron chi connectivity index (χ2n) is 9.87. The van der Waals surface area contributed by atoms with E-state index in [4.69, 9.17) is 0 Å². The van der Waals surface area contributed by atoms with Gasteiger partial charge in [-0.1, -0.05) is 17.8 Å². The number of aromatic nitrogens is 2. The van der Waals surface area contributed by atoms with Gasteiger partial charge in [0.1, 0.15) is 5.65 Å². The van der Waals surface area contributed by atoms with E-state index >= 15 is 0 Å². The topological polar surface area (TPSA) is 66.7 Å². The molecule has 1 aromatic carbocycles. The van der Waals surface area contributed by atoms with E-state index in [9.17, 15) is 22.8 Å². The van der Waals surface area contributed by atoms with E-state index in [0.717, 1.165) is 65.5 Å². The fourth-order valence-electron chi connectivity index (χ4n) is 5.28. The fraction of sp³-hybridized carbons (Fsp3) is 0.393. The second-order valence-corrected chi connectivity index (χ2v) is 10.9. The number of benzene rings is 1. The van der Waals surface area contributed by atoms with Crippen molar-refractivity contribution in [3.05, 3.63) is 69.9 Å². The van der Waals surface area contributed by atoms with Crippen LogP contribution < -0.4 is 5.32 Å². The van der Waals surface area contributed by atoms with Crippen LogP contribution in [0.25, 0.3) is 11.2 Å². The van der Waals surface area contributed by atoms with Crippen LogP contribution in [-0.2, 0) is 11.0 Å². The number of aryl methyl sites for hydroxylation is 1. The molecule has 2 amide bonds. The smallest absolute Gasteiger partial charge is 0.352 e. The van der Waals surface area contributed by atoms with E-state index in [1.54, 1.807) is 4.90 Å². The number of hydrogen-bond donors (Lipinski definition) is 1. The number of pyridine rings is 1. The van der Waals surface area contributed by atoms with Crippen molar-refractivity contribution >= 4 is 47.2 Å². The van der Waals surface area contributed by atoms with Crippen molar-refractivity contribution in [3.63, 3.8) is 0 Å². The van der Waals surface area contributed by atoms with Crippen LogP contribution in [0.3, 0.4) is 0 Å². The first-order chi connectivity index (χ1) is 18.1. The number of piperidine rings is 1. The van der Waals surface area contributed by atoms with Crippen LogP contribution in [0.4, 0.5) is 13.2 Å². The number of nitrogens with zero attached hydrogens (tertiary/aromatic N) is 3. The number of amides is 2. The molecule has 0 aliphatic carbocycles. The van der Waals surface area contributed by atoms with E-state index in [1.165, 1.54) is 23.9 Å². The average Bonchev–Trinajstić information content (AvgIpc) is 3.25. The van der Waals surface area contributed by atoms with Crippen LogP contribution >= 0.6 is 24.2 Å². The Morgan fingerprint density at radius 2 is 1.77 bits per heavy atom. The SMILES string of the molecule is CC1=C(C(=O)NCCCC2CCN(C(=O)c3ccc(C(F)(F)F)cc3)CC2)Sc2cccc3nc(C)c1n23.Cl. The monoisotopic (exact) mass is 578 g/mol. The highest BCUT2D eigenvalue weighted by atomic mass is 35.5. The number of halogens is 4. The summed E-state index contributed by atoms with van der Waals surface area (Å²) in [5, 5.41) is 4.05. The van der Waals surface area contributed by atoms with E-state index in [0.29, 0.717) is 30.5 Å². The van der Waals surface area contributed by atoms with Crippen molar-refractivity contribution in [1.29, 1.82) is 0 Å². The Bertz CT molecular complexity index is 1410. The largest absolute Gasteiger partial charge is 0.416 e. The molecule has 6 nitrogen and oxygen atoms in total. The summed E-state index contributed by atoms with van der Waals surface area (Å²) in [6, 6.07) is 10.3. The van der Waals surface area contributed by atoms with Crippen LogP contribution in [0.5, 0.6) is 0 Å². The maximum atomic E-state index is 13.0. The molecule has 0 unspecified atom stereocenters. The lowest BCUT2D eigenvalue weighted by Crippen LogP contribution is -2.38. The molecule has 1 saturated heterocycles. The second kappa shape index (κ2) is 11.6. The number of likely N-dealkylation sites (tertiary alicyclic amines) is 1. The number of allylic oxidation sites excluding steroid dienone is 1. The van der Waals surface area contributed by atoms with Crippen LogP contribution in [0, 0.1) is 12.8 Å². The molecule has 5 rings (SSSR count). The number of hydrogen-bond acceptors (Lipinski definition) is 4. The molecule has 3 aromatic rings. The molecule has 0 saturated carbocycles. The highest BCUT2D eigenvalue weighted by molar-refractivity contribution is 8.04. The predicted octanol–water partition coefficient (Wildman–Crippen LogP) is 6.37. The first-order valence-electron chi connectivity index (χ1n) is 12.8. The molecule has 0 atom stereocenters. The van der Waals surface area contributed by atoms with Gasteiger partial charge < -0.3 is 10.2 Å². The molecule has 0 radical (unpaired) electrons. The summed E-state index contributed by atoms with van der Waals surface area (Å²) in [6.07, 6.45) is -0.949. The Hall–Kier alpha value is -2.98. The minimum Gasteiger partial charge on any atom is -0.352 e. The first kappa shape index (κ1) is 29.0. The molecule has 39 heavy (non-hydrogen) atoms. The zero-order valence-corrected chi connectivity index (χ0v) is 23.3. The number of thioether (sulfide) groups is 1. The van der Waals surface area contributed by atoms with Crippen LogP contribution in [0.1, 0.15) is 59.9 Å². The van der Waals surface area contributed by atoms with Gasteiger partial charge in [-0.15, -0.1) is 12.4 Å². The lowest BCUT2D eigenvalue weighted by molar-refractivity contribution is -0.137. The molecule has 2 aromatic heterocycles. The summed E-state index contributed by atoms with van der Waals surface area (Å²) in [5.74, 6) is 0.141. The van der Waals surface area contributed by atoms with Gasteiger partial charge in [-0.25, -0.2) is 4.98 Å². The summed E-state index contributed by atoms with van der Waals surface area (Å²) in [7, 11) is 0. The highest BCUT2D eigenvalue weighted by Crippen LogP contribution is 2.40. The molecular weight excluding hydrogens is 549 g/mol. The van der Waals surface area contributed by atoms with Crippen molar-refractivity contribution in [3.8, 4) is 0 Å².